The smallest absolute Gasteiger partial charge is 0.126 e. The molecule has 2 rings (SSSR count). The van der Waals surface area contributed by atoms with Crippen LogP contribution in [-0.4, -0.2) is 13.2 Å². The second-order valence-corrected chi connectivity index (χ2v) is 5.21. The van der Waals surface area contributed by atoms with Crippen LogP contribution in [0.3, 0.4) is 0 Å². The van der Waals surface area contributed by atoms with Gasteiger partial charge in [-0.3, -0.25) is 0 Å². The summed E-state index contributed by atoms with van der Waals surface area (Å²) in [6.45, 7) is 9.55. The van der Waals surface area contributed by atoms with Crippen LogP contribution >= 0.6 is 0 Å². The Kier molecular flexibility index (Phi) is 4.07. The van der Waals surface area contributed by atoms with Crippen LogP contribution in [0.2, 0.25) is 0 Å². The van der Waals surface area contributed by atoms with Crippen LogP contribution in [0.4, 0.5) is 0 Å². The fourth-order valence-corrected chi connectivity index (χ4v) is 2.40. The number of allylic oxidation sites excluding steroid dienone is 1. The molecular weight excluding hydrogens is 224 g/mol. The molecule has 0 aromatic heterocycles. The van der Waals surface area contributed by atoms with Gasteiger partial charge in [0.15, 0.2) is 0 Å². The van der Waals surface area contributed by atoms with Crippen molar-refractivity contribution in [2.45, 2.75) is 38.5 Å². The van der Waals surface area contributed by atoms with E-state index in [0.29, 0.717) is 0 Å². The Bertz CT molecular complexity index is 402. The Hall–Kier alpha value is -1.28. The average molecular weight is 246 g/mol. The van der Waals surface area contributed by atoms with Gasteiger partial charge >= 0.3 is 0 Å². The predicted octanol–water partition coefficient (Wildman–Crippen LogP) is 4.06. The fraction of sp³-hybridized carbons (Fsp3) is 0.500. The van der Waals surface area contributed by atoms with Gasteiger partial charge in [0.1, 0.15) is 5.75 Å². The molecule has 0 N–H and O–H groups in total. The first-order valence-electron chi connectivity index (χ1n) is 6.68. The summed E-state index contributed by atoms with van der Waals surface area (Å²) >= 11 is 0. The minimum absolute atomic E-state index is 0.248. The first-order chi connectivity index (χ1) is 8.66. The van der Waals surface area contributed by atoms with Gasteiger partial charge in [0.05, 0.1) is 19.0 Å². The van der Waals surface area contributed by atoms with Gasteiger partial charge in [-0.25, -0.2) is 0 Å². The zero-order valence-corrected chi connectivity index (χ0v) is 11.4. The minimum atomic E-state index is 0.248. The van der Waals surface area contributed by atoms with Gasteiger partial charge < -0.3 is 9.47 Å². The van der Waals surface area contributed by atoms with E-state index in [1.807, 2.05) is 19.1 Å². The highest BCUT2D eigenvalue weighted by atomic mass is 16.5. The topological polar surface area (TPSA) is 18.5 Å². The molecule has 2 nitrogen and oxygen atoms in total. The summed E-state index contributed by atoms with van der Waals surface area (Å²) in [6, 6.07) is 8.37. The molecule has 1 aliphatic rings. The Morgan fingerprint density at radius 3 is 2.44 bits per heavy atom. The van der Waals surface area contributed by atoms with E-state index in [1.54, 1.807) is 0 Å². The van der Waals surface area contributed by atoms with Crippen molar-refractivity contribution in [1.82, 2.24) is 0 Å². The second-order valence-electron chi connectivity index (χ2n) is 5.21. The van der Waals surface area contributed by atoms with Crippen LogP contribution in [0, 0.1) is 0 Å². The van der Waals surface area contributed by atoms with Crippen LogP contribution in [-0.2, 0) is 10.2 Å². The van der Waals surface area contributed by atoms with E-state index < -0.39 is 0 Å². The second kappa shape index (κ2) is 5.57. The first kappa shape index (κ1) is 13.2. The number of hydrogen-bond donors (Lipinski definition) is 0. The molecular formula is C16H22O2. The van der Waals surface area contributed by atoms with Crippen LogP contribution in [0.25, 0.3) is 0 Å². The zero-order valence-electron chi connectivity index (χ0n) is 11.4. The maximum absolute atomic E-state index is 5.49. The van der Waals surface area contributed by atoms with Crippen LogP contribution < -0.4 is 4.74 Å². The van der Waals surface area contributed by atoms with Crippen molar-refractivity contribution in [3.8, 4) is 5.75 Å². The molecule has 1 saturated heterocycles. The average Bonchev–Trinajstić information content (AvgIpc) is 2.29. The maximum atomic E-state index is 5.49. The summed E-state index contributed by atoms with van der Waals surface area (Å²) in [5.74, 6) is 1.58. The van der Waals surface area contributed by atoms with Gasteiger partial charge in [0.2, 0.25) is 0 Å². The van der Waals surface area contributed by atoms with E-state index in [1.165, 1.54) is 24.8 Å². The number of hydrogen-bond acceptors (Lipinski definition) is 2. The third kappa shape index (κ3) is 2.75. The monoisotopic (exact) mass is 246 g/mol. The zero-order chi connectivity index (χ0) is 13.0. The molecule has 1 aromatic carbocycles. The lowest BCUT2D eigenvalue weighted by Gasteiger charge is -2.42. The van der Waals surface area contributed by atoms with Crippen LogP contribution in [0.15, 0.2) is 36.6 Å². The van der Waals surface area contributed by atoms with Gasteiger partial charge in [-0.2, -0.15) is 0 Å². The van der Waals surface area contributed by atoms with E-state index in [0.717, 1.165) is 24.7 Å². The molecule has 0 atom stereocenters. The van der Waals surface area contributed by atoms with Gasteiger partial charge in [0.25, 0.3) is 0 Å². The molecule has 0 saturated carbocycles. The van der Waals surface area contributed by atoms with E-state index in [9.17, 15) is 0 Å². The minimum Gasteiger partial charge on any atom is -0.463 e. The molecule has 2 heteroatoms. The lowest BCUT2D eigenvalue weighted by atomic mass is 9.75. The Balaban J connectivity index is 2.09. The van der Waals surface area contributed by atoms with Crippen molar-refractivity contribution in [1.29, 1.82) is 0 Å². The van der Waals surface area contributed by atoms with E-state index in [2.05, 4.69) is 25.6 Å². The third-order valence-corrected chi connectivity index (χ3v) is 3.52. The van der Waals surface area contributed by atoms with Gasteiger partial charge in [-0.1, -0.05) is 38.5 Å². The molecule has 0 spiro atoms. The maximum Gasteiger partial charge on any atom is 0.126 e. The van der Waals surface area contributed by atoms with Crippen molar-refractivity contribution in [3.05, 3.63) is 42.2 Å². The van der Waals surface area contributed by atoms with Crippen molar-refractivity contribution < 1.29 is 9.47 Å². The summed E-state index contributed by atoms with van der Waals surface area (Å²) in [6.07, 6.45) is 3.70. The quantitative estimate of drug-likeness (QED) is 0.705. The summed E-state index contributed by atoms with van der Waals surface area (Å²) in [4.78, 5) is 0. The molecule has 1 heterocycles. The summed E-state index contributed by atoms with van der Waals surface area (Å²) in [5, 5.41) is 0. The molecule has 98 valence electrons. The number of benzene rings is 1. The molecule has 1 fully saturated rings. The van der Waals surface area contributed by atoms with Gasteiger partial charge in [-0.15, -0.1) is 0 Å². The molecule has 0 amide bonds. The van der Waals surface area contributed by atoms with Crippen LogP contribution in [0.5, 0.6) is 5.75 Å². The normalized spacial score (nSPS) is 17.0. The Morgan fingerprint density at radius 1 is 1.33 bits per heavy atom. The molecule has 1 aliphatic heterocycles. The van der Waals surface area contributed by atoms with E-state index >= 15 is 0 Å². The Labute approximate surface area is 110 Å². The summed E-state index contributed by atoms with van der Waals surface area (Å²) in [5.41, 5.74) is 1.62. The number of rotatable bonds is 6. The third-order valence-electron chi connectivity index (χ3n) is 3.52. The fourth-order valence-electron chi connectivity index (χ4n) is 2.40. The van der Waals surface area contributed by atoms with Crippen molar-refractivity contribution in [2.24, 2.45) is 0 Å². The standard InChI is InChI=1S/C16H22O2/c1-4-5-10-16(11-17-12-16)14-6-8-15(9-7-14)18-13(2)3/h6-9H,2,4-5,10-12H2,1,3H3. The predicted molar refractivity (Wildman–Crippen MR) is 73.9 cm³/mol. The Morgan fingerprint density at radius 2 is 2.00 bits per heavy atom. The summed E-state index contributed by atoms with van der Waals surface area (Å²) < 4.78 is 10.9. The lowest BCUT2D eigenvalue weighted by Crippen LogP contribution is -2.46. The van der Waals surface area contributed by atoms with Crippen LogP contribution in [0.1, 0.15) is 38.7 Å². The highest BCUT2D eigenvalue weighted by molar-refractivity contribution is 5.34. The molecule has 0 aliphatic carbocycles. The number of ether oxygens (including phenoxy) is 2. The molecule has 1 aromatic rings. The summed E-state index contributed by atoms with van der Waals surface area (Å²) in [7, 11) is 0. The first-order valence-corrected chi connectivity index (χ1v) is 6.68. The highest BCUT2D eigenvalue weighted by Crippen LogP contribution is 2.37. The SMILES string of the molecule is C=C(C)Oc1ccc(C2(CCCC)COC2)cc1. The van der Waals surface area contributed by atoms with Crippen molar-refractivity contribution >= 4 is 0 Å². The van der Waals surface area contributed by atoms with Crippen molar-refractivity contribution in [2.75, 3.05) is 13.2 Å². The van der Waals surface area contributed by atoms with E-state index in [4.69, 9.17) is 9.47 Å². The lowest BCUT2D eigenvalue weighted by molar-refractivity contribution is -0.0652. The number of unbranched alkanes of at least 4 members (excludes halogenated alkanes) is 1. The van der Waals surface area contributed by atoms with Gasteiger partial charge in [0, 0.05) is 5.41 Å². The van der Waals surface area contributed by atoms with E-state index in [-0.39, 0.29) is 5.41 Å². The molecule has 0 radical (unpaired) electrons. The molecule has 0 bridgehead atoms. The van der Waals surface area contributed by atoms with Gasteiger partial charge in [-0.05, 0) is 31.0 Å². The molecule has 0 unspecified atom stereocenters. The molecule has 18 heavy (non-hydrogen) atoms. The largest absolute Gasteiger partial charge is 0.463 e. The highest BCUT2D eigenvalue weighted by Gasteiger charge is 2.39. The van der Waals surface area contributed by atoms with Crippen molar-refractivity contribution in [3.63, 3.8) is 0 Å².